The minimum atomic E-state index is -0.176. The van der Waals surface area contributed by atoms with E-state index in [2.05, 4.69) is 34.6 Å². The quantitative estimate of drug-likeness (QED) is 0.758. The highest BCUT2D eigenvalue weighted by atomic mass is 16.7. The average Bonchev–Trinajstić information content (AvgIpc) is 2.48. The number of rotatable bonds is 8. The molecule has 0 fully saturated rings. The smallest absolute Gasteiger partial charge is 0.169 e. The molecule has 114 valence electrons. The summed E-state index contributed by atoms with van der Waals surface area (Å²) in [6.45, 7) is 8.76. The molecule has 4 heteroatoms. The van der Waals surface area contributed by atoms with Crippen LogP contribution in [-0.4, -0.2) is 31.0 Å². The molecule has 2 rings (SSSR count). The van der Waals surface area contributed by atoms with E-state index in [0.717, 1.165) is 17.8 Å². The molecule has 2 aromatic rings. The van der Waals surface area contributed by atoms with Gasteiger partial charge in [0.2, 0.25) is 0 Å². The number of fused-ring (bicyclic) bond motifs is 1. The van der Waals surface area contributed by atoms with Crippen molar-refractivity contribution in [1.82, 2.24) is 10.3 Å². The number of hydrogen-bond donors (Lipinski definition) is 1. The molecule has 1 heterocycles. The second kappa shape index (κ2) is 8.08. The maximum absolute atomic E-state index is 5.51. The summed E-state index contributed by atoms with van der Waals surface area (Å²) in [6.07, 6.45) is -0.176. The minimum absolute atomic E-state index is 0.176. The Labute approximate surface area is 126 Å². The number of hydrogen-bond acceptors (Lipinski definition) is 4. The number of aromatic nitrogens is 1. The fourth-order valence-corrected chi connectivity index (χ4v) is 2.26. The predicted octanol–water partition coefficient (Wildman–Crippen LogP) is 3.03. The topological polar surface area (TPSA) is 43.4 Å². The van der Waals surface area contributed by atoms with Crippen molar-refractivity contribution in [1.29, 1.82) is 0 Å². The van der Waals surface area contributed by atoms with E-state index in [1.807, 2.05) is 26.8 Å². The Morgan fingerprint density at radius 3 is 2.57 bits per heavy atom. The molecule has 21 heavy (non-hydrogen) atoms. The van der Waals surface area contributed by atoms with E-state index in [9.17, 15) is 0 Å². The Morgan fingerprint density at radius 1 is 1.10 bits per heavy atom. The van der Waals surface area contributed by atoms with Crippen LogP contribution in [0.2, 0.25) is 0 Å². The normalized spacial score (nSPS) is 11.4. The molecule has 0 spiro atoms. The van der Waals surface area contributed by atoms with Gasteiger partial charge in [0, 0.05) is 37.4 Å². The van der Waals surface area contributed by atoms with Crippen LogP contribution in [0.4, 0.5) is 0 Å². The van der Waals surface area contributed by atoms with Gasteiger partial charge in [0.15, 0.2) is 6.29 Å². The molecule has 0 aliphatic heterocycles. The number of nitrogens with one attached hydrogen (secondary N) is 1. The van der Waals surface area contributed by atoms with Gasteiger partial charge in [-0.25, -0.2) is 0 Å². The zero-order chi connectivity index (χ0) is 15.1. The highest BCUT2D eigenvalue weighted by molar-refractivity contribution is 5.79. The highest BCUT2D eigenvalue weighted by Crippen LogP contribution is 2.14. The summed E-state index contributed by atoms with van der Waals surface area (Å²) in [5.74, 6) is 0. The van der Waals surface area contributed by atoms with Gasteiger partial charge in [-0.2, -0.15) is 0 Å². The Morgan fingerprint density at radius 2 is 1.86 bits per heavy atom. The molecule has 0 unspecified atom stereocenters. The summed E-state index contributed by atoms with van der Waals surface area (Å²) < 4.78 is 11.0. The molecule has 0 saturated heterocycles. The zero-order valence-electron chi connectivity index (χ0n) is 13.1. The SMILES string of the molecule is CCOC(CNCc1ccc2nc(C)ccc2c1)OCC. The van der Waals surface area contributed by atoms with Crippen molar-refractivity contribution >= 4 is 10.9 Å². The average molecular weight is 288 g/mol. The second-order valence-corrected chi connectivity index (χ2v) is 4.95. The molecular weight excluding hydrogens is 264 g/mol. The van der Waals surface area contributed by atoms with Crippen molar-refractivity contribution in [3.8, 4) is 0 Å². The standard InChI is InChI=1S/C17H24N2O2/c1-4-20-17(21-5-2)12-18-11-14-7-9-16-15(10-14)8-6-13(3)19-16/h6-10,17-18H,4-5,11-12H2,1-3H3. The van der Waals surface area contributed by atoms with Crippen LogP contribution in [0.25, 0.3) is 10.9 Å². The van der Waals surface area contributed by atoms with Crippen LogP contribution >= 0.6 is 0 Å². The first kappa shape index (κ1) is 15.9. The second-order valence-electron chi connectivity index (χ2n) is 4.95. The van der Waals surface area contributed by atoms with E-state index in [-0.39, 0.29) is 6.29 Å². The third-order valence-electron chi connectivity index (χ3n) is 3.24. The van der Waals surface area contributed by atoms with Crippen molar-refractivity contribution in [2.24, 2.45) is 0 Å². The lowest BCUT2D eigenvalue weighted by molar-refractivity contribution is -0.133. The van der Waals surface area contributed by atoms with Crippen LogP contribution in [0.1, 0.15) is 25.1 Å². The summed E-state index contributed by atoms with van der Waals surface area (Å²) in [6, 6.07) is 10.5. The molecule has 0 bridgehead atoms. The van der Waals surface area contributed by atoms with Crippen LogP contribution in [0, 0.1) is 6.92 Å². The van der Waals surface area contributed by atoms with Crippen molar-refractivity contribution in [2.75, 3.05) is 19.8 Å². The third kappa shape index (κ3) is 4.77. The van der Waals surface area contributed by atoms with Gasteiger partial charge in [0.05, 0.1) is 5.52 Å². The Balaban J connectivity index is 1.92. The predicted molar refractivity (Wildman–Crippen MR) is 85.2 cm³/mol. The van der Waals surface area contributed by atoms with Crippen molar-refractivity contribution in [3.05, 3.63) is 41.6 Å². The highest BCUT2D eigenvalue weighted by Gasteiger charge is 2.07. The fourth-order valence-electron chi connectivity index (χ4n) is 2.26. The van der Waals surface area contributed by atoms with E-state index < -0.39 is 0 Å². The summed E-state index contributed by atoms with van der Waals surface area (Å²) in [4.78, 5) is 4.51. The van der Waals surface area contributed by atoms with E-state index >= 15 is 0 Å². The molecule has 0 aliphatic rings. The van der Waals surface area contributed by atoms with Gasteiger partial charge in [-0.3, -0.25) is 4.98 Å². The van der Waals surface area contributed by atoms with Crippen molar-refractivity contribution in [3.63, 3.8) is 0 Å². The van der Waals surface area contributed by atoms with Crippen LogP contribution in [0.15, 0.2) is 30.3 Å². The number of ether oxygens (including phenoxy) is 2. The van der Waals surface area contributed by atoms with Gasteiger partial charge >= 0.3 is 0 Å². The molecular formula is C17H24N2O2. The number of pyridine rings is 1. The first-order valence-electron chi connectivity index (χ1n) is 7.53. The molecule has 1 aromatic carbocycles. The lowest BCUT2D eigenvalue weighted by atomic mass is 10.1. The maximum atomic E-state index is 5.51. The summed E-state index contributed by atoms with van der Waals surface area (Å²) >= 11 is 0. The molecule has 0 amide bonds. The van der Waals surface area contributed by atoms with Crippen molar-refractivity contribution in [2.45, 2.75) is 33.6 Å². The molecule has 1 N–H and O–H groups in total. The Bertz CT molecular complexity index is 566. The summed E-state index contributed by atoms with van der Waals surface area (Å²) in [5, 5.41) is 4.55. The fraction of sp³-hybridized carbons (Fsp3) is 0.471. The minimum Gasteiger partial charge on any atom is -0.352 e. The largest absolute Gasteiger partial charge is 0.352 e. The summed E-state index contributed by atoms with van der Waals surface area (Å²) in [7, 11) is 0. The van der Waals surface area contributed by atoms with Crippen LogP contribution in [0.3, 0.4) is 0 Å². The van der Waals surface area contributed by atoms with E-state index in [1.54, 1.807) is 0 Å². The molecule has 0 saturated carbocycles. The molecule has 0 aliphatic carbocycles. The summed E-state index contributed by atoms with van der Waals surface area (Å²) in [5.41, 5.74) is 3.32. The molecule has 4 nitrogen and oxygen atoms in total. The van der Waals surface area contributed by atoms with E-state index in [0.29, 0.717) is 19.8 Å². The van der Waals surface area contributed by atoms with Gasteiger partial charge in [-0.1, -0.05) is 12.1 Å². The lowest BCUT2D eigenvalue weighted by Crippen LogP contribution is -2.31. The third-order valence-corrected chi connectivity index (χ3v) is 3.24. The number of aryl methyl sites for hydroxylation is 1. The first-order valence-corrected chi connectivity index (χ1v) is 7.53. The monoisotopic (exact) mass is 288 g/mol. The first-order chi connectivity index (χ1) is 10.2. The van der Waals surface area contributed by atoms with Gasteiger partial charge in [0.25, 0.3) is 0 Å². The van der Waals surface area contributed by atoms with E-state index in [1.165, 1.54) is 10.9 Å². The van der Waals surface area contributed by atoms with Gasteiger partial charge in [0.1, 0.15) is 0 Å². The van der Waals surface area contributed by atoms with Gasteiger partial charge < -0.3 is 14.8 Å². The van der Waals surface area contributed by atoms with Crippen LogP contribution in [0.5, 0.6) is 0 Å². The van der Waals surface area contributed by atoms with Crippen LogP contribution < -0.4 is 5.32 Å². The number of benzene rings is 1. The Kier molecular flexibility index (Phi) is 6.11. The zero-order valence-corrected chi connectivity index (χ0v) is 13.1. The molecule has 1 aromatic heterocycles. The lowest BCUT2D eigenvalue weighted by Gasteiger charge is -2.17. The van der Waals surface area contributed by atoms with Crippen molar-refractivity contribution < 1.29 is 9.47 Å². The molecule has 0 radical (unpaired) electrons. The Hall–Kier alpha value is -1.49. The molecule has 0 atom stereocenters. The van der Waals surface area contributed by atoms with Gasteiger partial charge in [-0.05, 0) is 44.5 Å². The van der Waals surface area contributed by atoms with E-state index in [4.69, 9.17) is 9.47 Å². The van der Waals surface area contributed by atoms with Gasteiger partial charge in [-0.15, -0.1) is 0 Å². The number of nitrogens with zero attached hydrogens (tertiary/aromatic N) is 1. The van der Waals surface area contributed by atoms with Crippen LogP contribution in [-0.2, 0) is 16.0 Å². The maximum Gasteiger partial charge on any atom is 0.169 e.